The third-order valence-electron chi connectivity index (χ3n) is 3.90. The molecule has 0 radical (unpaired) electrons. The van der Waals surface area contributed by atoms with Crippen molar-refractivity contribution in [3.05, 3.63) is 17.7 Å². The average molecular weight is 322 g/mol. The minimum Gasteiger partial charge on any atom is -0.493 e. The Morgan fingerprint density at radius 2 is 1.61 bits per heavy atom. The minimum absolute atomic E-state index is 0.0184. The van der Waals surface area contributed by atoms with Crippen molar-refractivity contribution in [3.63, 3.8) is 0 Å². The predicted molar refractivity (Wildman–Crippen MR) is 84.0 cm³/mol. The van der Waals surface area contributed by atoms with Crippen molar-refractivity contribution < 1.29 is 23.8 Å². The van der Waals surface area contributed by atoms with Crippen LogP contribution in [-0.2, 0) is 16.0 Å². The lowest BCUT2D eigenvalue weighted by Gasteiger charge is -2.32. The fraction of sp³-hybridized carbons (Fsp3) is 0.500. The molecule has 126 valence electrons. The van der Waals surface area contributed by atoms with Gasteiger partial charge in [-0.25, -0.2) is 0 Å². The van der Waals surface area contributed by atoms with Crippen molar-refractivity contribution in [1.29, 1.82) is 0 Å². The van der Waals surface area contributed by atoms with E-state index in [0.29, 0.717) is 43.4 Å². The summed E-state index contributed by atoms with van der Waals surface area (Å²) in [6.45, 7) is 2.26. The van der Waals surface area contributed by atoms with Gasteiger partial charge in [0.1, 0.15) is 0 Å². The second-order valence-corrected chi connectivity index (χ2v) is 5.23. The van der Waals surface area contributed by atoms with Crippen molar-refractivity contribution in [1.82, 2.24) is 9.80 Å². The van der Waals surface area contributed by atoms with E-state index in [4.69, 9.17) is 14.2 Å². The highest BCUT2D eigenvalue weighted by Crippen LogP contribution is 2.38. The number of carbonyl (C=O) groups excluding carboxylic acids is 2. The van der Waals surface area contributed by atoms with Gasteiger partial charge < -0.3 is 24.0 Å². The molecule has 0 bridgehead atoms. The molecule has 7 nitrogen and oxygen atoms in total. The topological polar surface area (TPSA) is 68.3 Å². The van der Waals surface area contributed by atoms with Gasteiger partial charge in [0.2, 0.25) is 18.1 Å². The van der Waals surface area contributed by atoms with Crippen LogP contribution in [0.3, 0.4) is 0 Å². The fourth-order valence-corrected chi connectivity index (χ4v) is 2.60. The van der Waals surface area contributed by atoms with Crippen LogP contribution in [-0.4, -0.2) is 69.6 Å². The van der Waals surface area contributed by atoms with E-state index in [-0.39, 0.29) is 12.3 Å². The van der Waals surface area contributed by atoms with E-state index in [9.17, 15) is 9.59 Å². The van der Waals surface area contributed by atoms with Crippen molar-refractivity contribution in [2.24, 2.45) is 0 Å². The standard InChI is InChI=1S/C16H22N2O5/c1-21-13-8-12(9-14(22-2)16(13)23-3)10-15(20)18-6-4-17(11-19)5-7-18/h8-9,11H,4-7,10H2,1-3H3. The van der Waals surface area contributed by atoms with Crippen molar-refractivity contribution >= 4 is 12.3 Å². The van der Waals surface area contributed by atoms with Gasteiger partial charge in [-0.3, -0.25) is 9.59 Å². The molecule has 0 unspecified atom stereocenters. The second-order valence-electron chi connectivity index (χ2n) is 5.23. The molecule has 1 aliphatic heterocycles. The highest BCUT2D eigenvalue weighted by molar-refractivity contribution is 5.79. The Balaban J connectivity index is 2.10. The maximum atomic E-state index is 12.4. The molecule has 2 rings (SSSR count). The molecule has 1 fully saturated rings. The van der Waals surface area contributed by atoms with Gasteiger partial charge in [-0.2, -0.15) is 0 Å². The van der Waals surface area contributed by atoms with Crippen LogP contribution in [0.15, 0.2) is 12.1 Å². The summed E-state index contributed by atoms with van der Waals surface area (Å²) in [7, 11) is 4.63. The highest BCUT2D eigenvalue weighted by atomic mass is 16.5. The van der Waals surface area contributed by atoms with E-state index < -0.39 is 0 Å². The summed E-state index contributed by atoms with van der Waals surface area (Å²) in [5.74, 6) is 1.58. The molecule has 1 aromatic rings. The van der Waals surface area contributed by atoms with Gasteiger partial charge in [-0.05, 0) is 17.7 Å². The molecule has 1 aromatic carbocycles. The molecule has 0 atom stereocenters. The molecule has 0 aromatic heterocycles. The van der Waals surface area contributed by atoms with Crippen LogP contribution >= 0.6 is 0 Å². The maximum Gasteiger partial charge on any atom is 0.227 e. The monoisotopic (exact) mass is 322 g/mol. The number of piperazine rings is 1. The van der Waals surface area contributed by atoms with Gasteiger partial charge in [0.15, 0.2) is 11.5 Å². The molecule has 0 N–H and O–H groups in total. The molecular formula is C16H22N2O5. The summed E-state index contributed by atoms with van der Waals surface area (Å²) in [6.07, 6.45) is 1.07. The van der Waals surface area contributed by atoms with Crippen molar-refractivity contribution in [2.45, 2.75) is 6.42 Å². The lowest BCUT2D eigenvalue weighted by molar-refractivity contribution is -0.134. The molecule has 0 aliphatic carbocycles. The summed E-state index contributed by atoms with van der Waals surface area (Å²) in [5, 5.41) is 0. The largest absolute Gasteiger partial charge is 0.493 e. The number of nitrogens with zero attached hydrogens (tertiary/aromatic N) is 2. The molecule has 1 saturated heterocycles. The van der Waals surface area contributed by atoms with E-state index in [2.05, 4.69) is 0 Å². The summed E-state index contributed by atoms with van der Waals surface area (Å²) in [6, 6.07) is 3.56. The number of benzene rings is 1. The van der Waals surface area contributed by atoms with Gasteiger partial charge >= 0.3 is 0 Å². The van der Waals surface area contributed by atoms with Crippen molar-refractivity contribution in [3.8, 4) is 17.2 Å². The number of hydrogen-bond donors (Lipinski definition) is 0. The van der Waals surface area contributed by atoms with Crippen LogP contribution in [0.2, 0.25) is 0 Å². The van der Waals surface area contributed by atoms with E-state index in [1.54, 1.807) is 36.2 Å². The van der Waals surface area contributed by atoms with Crippen molar-refractivity contribution in [2.75, 3.05) is 47.5 Å². The Morgan fingerprint density at radius 1 is 1.04 bits per heavy atom. The van der Waals surface area contributed by atoms with Gasteiger partial charge in [-0.15, -0.1) is 0 Å². The molecule has 1 aliphatic rings. The van der Waals surface area contributed by atoms with Gasteiger partial charge in [0, 0.05) is 26.2 Å². The van der Waals surface area contributed by atoms with Gasteiger partial charge in [0.05, 0.1) is 27.8 Å². The number of carbonyl (C=O) groups is 2. The van der Waals surface area contributed by atoms with E-state index in [1.165, 1.54) is 7.11 Å². The number of ether oxygens (including phenoxy) is 3. The first kappa shape index (κ1) is 16.9. The predicted octanol–water partition coefficient (Wildman–Crippen LogP) is 0.556. The van der Waals surface area contributed by atoms with E-state index in [1.807, 2.05) is 0 Å². The zero-order valence-corrected chi connectivity index (χ0v) is 13.7. The van der Waals surface area contributed by atoms with E-state index in [0.717, 1.165) is 12.0 Å². The zero-order valence-electron chi connectivity index (χ0n) is 13.7. The Morgan fingerprint density at radius 3 is 2.04 bits per heavy atom. The van der Waals surface area contributed by atoms with Crippen LogP contribution in [0, 0.1) is 0 Å². The van der Waals surface area contributed by atoms with Crippen LogP contribution in [0.25, 0.3) is 0 Å². The number of amides is 2. The lowest BCUT2D eigenvalue weighted by atomic mass is 10.1. The highest BCUT2D eigenvalue weighted by Gasteiger charge is 2.21. The summed E-state index contributed by atoms with van der Waals surface area (Å²) in [5.41, 5.74) is 0.794. The molecule has 7 heteroatoms. The van der Waals surface area contributed by atoms with Crippen LogP contribution in [0.1, 0.15) is 5.56 Å². The average Bonchev–Trinajstić information content (AvgIpc) is 2.60. The van der Waals surface area contributed by atoms with Gasteiger partial charge in [0.25, 0.3) is 0 Å². The molecule has 2 amide bonds. The molecule has 1 heterocycles. The summed E-state index contributed by atoms with van der Waals surface area (Å²) >= 11 is 0. The minimum atomic E-state index is 0.0184. The third-order valence-corrected chi connectivity index (χ3v) is 3.90. The SMILES string of the molecule is COc1cc(CC(=O)N2CCN(C=O)CC2)cc(OC)c1OC. The second kappa shape index (κ2) is 7.71. The molecule has 23 heavy (non-hydrogen) atoms. The Labute approximate surface area is 135 Å². The molecular weight excluding hydrogens is 300 g/mol. The summed E-state index contributed by atoms with van der Waals surface area (Å²) in [4.78, 5) is 26.6. The Kier molecular flexibility index (Phi) is 5.67. The van der Waals surface area contributed by atoms with Gasteiger partial charge in [-0.1, -0.05) is 0 Å². The number of hydrogen-bond acceptors (Lipinski definition) is 5. The zero-order chi connectivity index (χ0) is 16.8. The maximum absolute atomic E-state index is 12.4. The quantitative estimate of drug-likeness (QED) is 0.716. The first-order valence-electron chi connectivity index (χ1n) is 7.39. The Hall–Kier alpha value is -2.44. The first-order valence-corrected chi connectivity index (χ1v) is 7.39. The molecule has 0 saturated carbocycles. The van der Waals surface area contributed by atoms with Crippen LogP contribution < -0.4 is 14.2 Å². The number of rotatable bonds is 6. The number of methoxy groups -OCH3 is 3. The summed E-state index contributed by atoms with van der Waals surface area (Å²) < 4.78 is 15.9. The van der Waals surface area contributed by atoms with Crippen LogP contribution in [0.4, 0.5) is 0 Å². The van der Waals surface area contributed by atoms with Crippen LogP contribution in [0.5, 0.6) is 17.2 Å². The first-order chi connectivity index (χ1) is 11.1. The van der Waals surface area contributed by atoms with E-state index >= 15 is 0 Å². The lowest BCUT2D eigenvalue weighted by Crippen LogP contribution is -2.48. The third kappa shape index (κ3) is 3.85. The smallest absolute Gasteiger partial charge is 0.227 e. The Bertz CT molecular complexity index is 543. The molecule has 0 spiro atoms. The fourth-order valence-electron chi connectivity index (χ4n) is 2.60. The normalized spacial score (nSPS) is 14.4.